The van der Waals surface area contributed by atoms with Crippen molar-refractivity contribution in [3.05, 3.63) is 11.6 Å². The summed E-state index contributed by atoms with van der Waals surface area (Å²) < 4.78 is 5.89. The Labute approximate surface area is 108 Å². The fourth-order valence-electron chi connectivity index (χ4n) is 2.96. The van der Waals surface area contributed by atoms with Crippen molar-refractivity contribution in [3.8, 4) is 0 Å². The summed E-state index contributed by atoms with van der Waals surface area (Å²) in [6.45, 7) is 2.18. The van der Waals surface area contributed by atoms with Crippen LogP contribution in [-0.4, -0.2) is 17.5 Å². The molecular formula is C14H23BrO. The summed E-state index contributed by atoms with van der Waals surface area (Å²) in [5.74, 6) is 0.827. The Hall–Kier alpha value is 0.180. The number of hydrogen-bond donors (Lipinski definition) is 0. The number of alkyl halides is 1. The summed E-state index contributed by atoms with van der Waals surface area (Å²) in [7, 11) is 0. The zero-order chi connectivity index (χ0) is 11.4. The fourth-order valence-corrected chi connectivity index (χ4v) is 3.60. The van der Waals surface area contributed by atoms with E-state index >= 15 is 0 Å². The highest BCUT2D eigenvalue weighted by Gasteiger charge is 2.23. The molecule has 2 fully saturated rings. The molecule has 1 nitrogen and oxygen atoms in total. The second kappa shape index (κ2) is 6.20. The first-order chi connectivity index (χ1) is 7.79. The van der Waals surface area contributed by atoms with Crippen molar-refractivity contribution in [2.45, 2.75) is 64.1 Å². The lowest BCUT2D eigenvalue weighted by atomic mass is 9.84. The van der Waals surface area contributed by atoms with E-state index in [1.54, 1.807) is 5.57 Å². The lowest BCUT2D eigenvalue weighted by molar-refractivity contribution is 0.0825. The van der Waals surface area contributed by atoms with Crippen molar-refractivity contribution in [1.29, 1.82) is 0 Å². The van der Waals surface area contributed by atoms with Crippen LogP contribution in [0.25, 0.3) is 0 Å². The second-order valence-electron chi connectivity index (χ2n) is 5.27. The quantitative estimate of drug-likeness (QED) is 0.550. The van der Waals surface area contributed by atoms with Crippen LogP contribution in [0.3, 0.4) is 0 Å². The molecular weight excluding hydrogens is 264 g/mol. The van der Waals surface area contributed by atoms with E-state index in [-0.39, 0.29) is 0 Å². The third-order valence-electron chi connectivity index (χ3n) is 3.95. The van der Waals surface area contributed by atoms with Crippen LogP contribution in [0.5, 0.6) is 0 Å². The predicted octanol–water partition coefficient (Wildman–Crippen LogP) is 4.46. The zero-order valence-corrected chi connectivity index (χ0v) is 11.8. The first-order valence-corrected chi connectivity index (χ1v) is 7.83. The molecule has 1 saturated carbocycles. The van der Waals surface area contributed by atoms with Gasteiger partial charge in [0, 0.05) is 5.33 Å². The second-order valence-corrected chi connectivity index (χ2v) is 5.83. The predicted molar refractivity (Wildman–Crippen MR) is 72.0 cm³/mol. The molecule has 1 heterocycles. The monoisotopic (exact) mass is 286 g/mol. The molecule has 0 N–H and O–H groups in total. The molecule has 2 heteroatoms. The molecule has 0 radical (unpaired) electrons. The van der Waals surface area contributed by atoms with E-state index in [0.29, 0.717) is 12.2 Å². The van der Waals surface area contributed by atoms with Crippen LogP contribution in [0.2, 0.25) is 0 Å². The Balaban J connectivity index is 1.94. The van der Waals surface area contributed by atoms with Gasteiger partial charge in [-0.1, -0.05) is 46.8 Å². The van der Waals surface area contributed by atoms with Gasteiger partial charge in [0.25, 0.3) is 0 Å². The largest absolute Gasteiger partial charge is 0.371 e. The van der Waals surface area contributed by atoms with Gasteiger partial charge in [-0.2, -0.15) is 0 Å². The van der Waals surface area contributed by atoms with Crippen LogP contribution >= 0.6 is 15.9 Å². The SMILES string of the molecule is CC1CCC(/C=C(/CBr)C2CCCCC2)O1. The normalized spacial score (nSPS) is 33.2. The molecule has 0 bridgehead atoms. The van der Waals surface area contributed by atoms with Gasteiger partial charge in [0.05, 0.1) is 12.2 Å². The van der Waals surface area contributed by atoms with E-state index in [1.165, 1.54) is 44.9 Å². The standard InChI is InChI=1S/C14H23BrO/c1-11-7-8-14(16-11)9-13(10-15)12-5-3-2-4-6-12/h9,11-12,14H,2-8,10H2,1H3/b13-9-. The van der Waals surface area contributed by atoms with Gasteiger partial charge in [0.15, 0.2) is 0 Å². The molecule has 2 aliphatic rings. The van der Waals surface area contributed by atoms with Crippen LogP contribution in [-0.2, 0) is 4.74 Å². The maximum absolute atomic E-state index is 5.89. The van der Waals surface area contributed by atoms with E-state index in [9.17, 15) is 0 Å². The number of allylic oxidation sites excluding steroid dienone is 1. The van der Waals surface area contributed by atoms with Crippen molar-refractivity contribution in [2.75, 3.05) is 5.33 Å². The van der Waals surface area contributed by atoms with Gasteiger partial charge in [-0.3, -0.25) is 0 Å². The molecule has 2 unspecified atom stereocenters. The molecule has 16 heavy (non-hydrogen) atoms. The van der Waals surface area contributed by atoms with Gasteiger partial charge in [0.1, 0.15) is 0 Å². The summed E-state index contributed by atoms with van der Waals surface area (Å²) >= 11 is 3.65. The summed E-state index contributed by atoms with van der Waals surface area (Å²) in [5, 5.41) is 1.03. The smallest absolute Gasteiger partial charge is 0.0763 e. The molecule has 0 aromatic heterocycles. The summed E-state index contributed by atoms with van der Waals surface area (Å²) in [5.41, 5.74) is 1.60. The van der Waals surface area contributed by atoms with Crippen LogP contribution in [0.4, 0.5) is 0 Å². The summed E-state index contributed by atoms with van der Waals surface area (Å²) in [6, 6.07) is 0. The van der Waals surface area contributed by atoms with E-state index < -0.39 is 0 Å². The Morgan fingerprint density at radius 1 is 1.19 bits per heavy atom. The molecule has 0 amide bonds. The number of halogens is 1. The van der Waals surface area contributed by atoms with Crippen LogP contribution in [0.1, 0.15) is 51.9 Å². The van der Waals surface area contributed by atoms with E-state index in [2.05, 4.69) is 28.9 Å². The molecule has 92 valence electrons. The first kappa shape index (κ1) is 12.6. The Bertz CT molecular complexity index is 243. The van der Waals surface area contributed by atoms with E-state index in [4.69, 9.17) is 4.74 Å². The van der Waals surface area contributed by atoms with Crippen LogP contribution in [0, 0.1) is 5.92 Å². The van der Waals surface area contributed by atoms with Gasteiger partial charge < -0.3 is 4.74 Å². The zero-order valence-electron chi connectivity index (χ0n) is 10.3. The Morgan fingerprint density at radius 3 is 2.50 bits per heavy atom. The third kappa shape index (κ3) is 3.33. The highest BCUT2D eigenvalue weighted by molar-refractivity contribution is 9.09. The molecule has 0 aromatic carbocycles. The van der Waals surface area contributed by atoms with Gasteiger partial charge in [-0.05, 0) is 38.5 Å². The van der Waals surface area contributed by atoms with Crippen molar-refractivity contribution in [2.24, 2.45) is 5.92 Å². The maximum atomic E-state index is 5.89. The molecule has 2 atom stereocenters. The summed E-state index contributed by atoms with van der Waals surface area (Å²) in [6.07, 6.45) is 12.7. The van der Waals surface area contributed by atoms with Crippen molar-refractivity contribution in [1.82, 2.24) is 0 Å². The number of ether oxygens (including phenoxy) is 1. The Kier molecular flexibility index (Phi) is 4.90. The van der Waals surface area contributed by atoms with Gasteiger partial charge >= 0.3 is 0 Å². The minimum absolute atomic E-state index is 0.393. The lowest BCUT2D eigenvalue weighted by Gasteiger charge is -2.24. The van der Waals surface area contributed by atoms with E-state index in [1.807, 2.05) is 0 Å². The maximum Gasteiger partial charge on any atom is 0.0763 e. The minimum Gasteiger partial charge on any atom is -0.371 e. The number of hydrogen-bond acceptors (Lipinski definition) is 1. The van der Waals surface area contributed by atoms with Gasteiger partial charge in [-0.25, -0.2) is 0 Å². The number of rotatable bonds is 3. The van der Waals surface area contributed by atoms with Gasteiger partial charge in [0.2, 0.25) is 0 Å². The lowest BCUT2D eigenvalue weighted by Crippen LogP contribution is -2.13. The molecule has 0 aromatic rings. The topological polar surface area (TPSA) is 9.23 Å². The minimum atomic E-state index is 0.393. The van der Waals surface area contributed by atoms with Crippen LogP contribution < -0.4 is 0 Å². The first-order valence-electron chi connectivity index (χ1n) is 6.71. The van der Waals surface area contributed by atoms with E-state index in [0.717, 1.165) is 11.2 Å². The molecule has 0 spiro atoms. The van der Waals surface area contributed by atoms with Crippen molar-refractivity contribution in [3.63, 3.8) is 0 Å². The molecule has 1 aliphatic heterocycles. The van der Waals surface area contributed by atoms with Crippen LogP contribution in [0.15, 0.2) is 11.6 Å². The molecule has 2 rings (SSSR count). The fraction of sp³-hybridized carbons (Fsp3) is 0.857. The van der Waals surface area contributed by atoms with Crippen molar-refractivity contribution < 1.29 is 4.74 Å². The highest BCUT2D eigenvalue weighted by Crippen LogP contribution is 2.32. The molecule has 1 aliphatic carbocycles. The van der Waals surface area contributed by atoms with Gasteiger partial charge in [-0.15, -0.1) is 0 Å². The average molecular weight is 287 g/mol. The molecule has 1 saturated heterocycles. The summed E-state index contributed by atoms with van der Waals surface area (Å²) in [4.78, 5) is 0. The Morgan fingerprint density at radius 2 is 1.94 bits per heavy atom. The van der Waals surface area contributed by atoms with Crippen molar-refractivity contribution >= 4 is 15.9 Å². The third-order valence-corrected chi connectivity index (χ3v) is 4.60. The highest BCUT2D eigenvalue weighted by atomic mass is 79.9. The average Bonchev–Trinajstić information content (AvgIpc) is 2.73.